The normalized spacial score (nSPS) is 22.5. The molecule has 2 amide bonds. The molecule has 3 heterocycles. The number of piperidine rings is 1. The van der Waals surface area contributed by atoms with Crippen LogP contribution >= 0.6 is 0 Å². The molecule has 7 nitrogen and oxygen atoms in total. The van der Waals surface area contributed by atoms with Crippen LogP contribution in [-0.4, -0.2) is 63.6 Å². The number of fused-ring (bicyclic) bond motifs is 1. The molecule has 2 aromatic rings. The molecule has 2 saturated heterocycles. The van der Waals surface area contributed by atoms with E-state index in [0.717, 1.165) is 16.5 Å². The van der Waals surface area contributed by atoms with Gasteiger partial charge in [-0.15, -0.1) is 0 Å². The molecule has 0 saturated carbocycles. The molecule has 32 heavy (non-hydrogen) atoms. The van der Waals surface area contributed by atoms with Crippen LogP contribution in [0.3, 0.4) is 0 Å². The number of likely N-dealkylation sites (N-methyl/N-ethyl adjacent to an activating group) is 1. The second-order valence-corrected chi connectivity index (χ2v) is 9.61. The minimum Gasteiger partial charge on any atom is -0.361 e. The molecule has 2 fully saturated rings. The van der Waals surface area contributed by atoms with Gasteiger partial charge in [0.1, 0.15) is 11.6 Å². The molecule has 2 aliphatic heterocycles. The topological polar surface area (TPSA) is 85.5 Å². The van der Waals surface area contributed by atoms with E-state index < -0.39 is 11.6 Å². The summed E-state index contributed by atoms with van der Waals surface area (Å²) in [4.78, 5) is 46.5. The third-order valence-electron chi connectivity index (χ3n) is 7.12. The number of aromatic nitrogens is 1. The Morgan fingerprint density at radius 3 is 2.50 bits per heavy atom. The number of nitrogens with one attached hydrogen (secondary N) is 2. The molecule has 172 valence electrons. The van der Waals surface area contributed by atoms with Gasteiger partial charge in [0, 0.05) is 42.3 Å². The summed E-state index contributed by atoms with van der Waals surface area (Å²) in [6.07, 6.45) is 3.63. The quantitative estimate of drug-likeness (QED) is 0.726. The van der Waals surface area contributed by atoms with Crippen molar-refractivity contribution in [2.45, 2.75) is 64.6 Å². The van der Waals surface area contributed by atoms with E-state index in [2.05, 4.69) is 29.0 Å². The molecule has 2 atom stereocenters. The van der Waals surface area contributed by atoms with Crippen molar-refractivity contribution in [3.05, 3.63) is 36.0 Å². The second-order valence-electron chi connectivity index (χ2n) is 9.61. The van der Waals surface area contributed by atoms with Gasteiger partial charge < -0.3 is 15.2 Å². The number of para-hydroxylation sites is 1. The zero-order valence-electron chi connectivity index (χ0n) is 19.5. The Morgan fingerprint density at radius 1 is 1.19 bits per heavy atom. The van der Waals surface area contributed by atoms with Crippen molar-refractivity contribution < 1.29 is 14.4 Å². The summed E-state index contributed by atoms with van der Waals surface area (Å²) in [5.74, 6) is 0.385. The van der Waals surface area contributed by atoms with Crippen LogP contribution in [0.15, 0.2) is 30.5 Å². The maximum Gasteiger partial charge on any atom is 0.246 e. The molecule has 7 heteroatoms. The second kappa shape index (κ2) is 8.70. The number of aromatic amines is 1. The lowest BCUT2D eigenvalue weighted by Crippen LogP contribution is -2.73. The Labute approximate surface area is 189 Å². The number of benzene rings is 1. The number of hydrogen-bond donors (Lipinski definition) is 2. The van der Waals surface area contributed by atoms with E-state index in [9.17, 15) is 14.4 Å². The maximum atomic E-state index is 13.3. The first kappa shape index (κ1) is 22.5. The van der Waals surface area contributed by atoms with Crippen molar-refractivity contribution in [1.82, 2.24) is 20.1 Å². The third kappa shape index (κ3) is 3.72. The Balaban J connectivity index is 1.57. The summed E-state index contributed by atoms with van der Waals surface area (Å²) in [6, 6.07) is 7.18. The number of carbonyl (C=O) groups excluding carboxylic acids is 3. The average Bonchev–Trinajstić information content (AvgIpc) is 3.17. The number of ketones is 1. The van der Waals surface area contributed by atoms with E-state index in [4.69, 9.17) is 0 Å². The van der Waals surface area contributed by atoms with Crippen molar-refractivity contribution in [3.63, 3.8) is 0 Å². The minimum atomic E-state index is -0.822. The van der Waals surface area contributed by atoms with Crippen LogP contribution in [0.2, 0.25) is 0 Å². The number of Topliss-reactive ketones (excluding diaryl/α,β-unsaturated/α-hetero) is 1. The highest BCUT2D eigenvalue weighted by molar-refractivity contribution is 6.00. The summed E-state index contributed by atoms with van der Waals surface area (Å²) < 4.78 is 0. The maximum absolute atomic E-state index is 13.3. The highest BCUT2D eigenvalue weighted by atomic mass is 16.2. The van der Waals surface area contributed by atoms with Gasteiger partial charge in [0.2, 0.25) is 11.8 Å². The van der Waals surface area contributed by atoms with Crippen LogP contribution in [0, 0.1) is 5.92 Å². The Kier molecular flexibility index (Phi) is 6.12. The van der Waals surface area contributed by atoms with Crippen molar-refractivity contribution >= 4 is 28.5 Å². The third-order valence-corrected chi connectivity index (χ3v) is 7.12. The van der Waals surface area contributed by atoms with Crippen LogP contribution in [0.1, 0.15) is 58.6 Å². The largest absolute Gasteiger partial charge is 0.361 e. The first-order valence-corrected chi connectivity index (χ1v) is 11.7. The van der Waals surface area contributed by atoms with E-state index in [-0.39, 0.29) is 23.6 Å². The van der Waals surface area contributed by atoms with Crippen LogP contribution < -0.4 is 5.32 Å². The lowest BCUT2D eigenvalue weighted by Gasteiger charge is -2.52. The lowest BCUT2D eigenvalue weighted by atomic mass is 9.80. The van der Waals surface area contributed by atoms with Crippen molar-refractivity contribution in [3.8, 4) is 0 Å². The Hall–Kier alpha value is -2.67. The summed E-state index contributed by atoms with van der Waals surface area (Å²) in [5, 5.41) is 4.07. The van der Waals surface area contributed by atoms with E-state index >= 15 is 0 Å². The first-order chi connectivity index (χ1) is 15.3. The van der Waals surface area contributed by atoms with Gasteiger partial charge in [-0.3, -0.25) is 19.3 Å². The zero-order valence-corrected chi connectivity index (χ0v) is 19.5. The number of H-pyrrole nitrogens is 1. The molecule has 1 aromatic carbocycles. The predicted molar refractivity (Wildman–Crippen MR) is 124 cm³/mol. The molecular weight excluding hydrogens is 404 g/mol. The number of amides is 2. The number of carbonyl (C=O) groups is 3. The van der Waals surface area contributed by atoms with Gasteiger partial charge in [0.05, 0.1) is 6.04 Å². The van der Waals surface area contributed by atoms with Crippen LogP contribution in [0.5, 0.6) is 0 Å². The molecule has 1 aromatic heterocycles. The van der Waals surface area contributed by atoms with Gasteiger partial charge in [-0.1, -0.05) is 32.0 Å². The van der Waals surface area contributed by atoms with Crippen molar-refractivity contribution in [2.75, 3.05) is 19.6 Å². The standard InChI is InChI=1S/C25H34N4O3/c1-5-29-23(31)21(14-16(2)3)27-24(32)25(29)10-12-28(13-11-25)22(17(4)30)19-15-26-20-9-7-6-8-18(19)20/h6-9,15-16,21-22,26H,5,10-14H2,1-4H3,(H,27,32). The fourth-order valence-corrected chi connectivity index (χ4v) is 5.61. The molecule has 2 unspecified atom stereocenters. The Bertz CT molecular complexity index is 1020. The smallest absolute Gasteiger partial charge is 0.246 e. The van der Waals surface area contributed by atoms with E-state index in [1.54, 1.807) is 11.8 Å². The van der Waals surface area contributed by atoms with E-state index in [1.807, 2.05) is 37.4 Å². The van der Waals surface area contributed by atoms with Gasteiger partial charge >= 0.3 is 0 Å². The van der Waals surface area contributed by atoms with E-state index in [0.29, 0.717) is 44.8 Å². The predicted octanol–water partition coefficient (Wildman–Crippen LogP) is 3.03. The molecule has 0 aliphatic carbocycles. The van der Waals surface area contributed by atoms with Crippen LogP contribution in [0.25, 0.3) is 10.9 Å². The monoisotopic (exact) mass is 438 g/mol. The van der Waals surface area contributed by atoms with E-state index in [1.165, 1.54) is 0 Å². The highest BCUT2D eigenvalue weighted by Crippen LogP contribution is 2.38. The lowest BCUT2D eigenvalue weighted by molar-refractivity contribution is -0.162. The highest BCUT2D eigenvalue weighted by Gasteiger charge is 2.53. The molecule has 0 bridgehead atoms. The number of likely N-dealkylation sites (tertiary alicyclic amines) is 1. The SMILES string of the molecule is CCN1C(=O)C(CC(C)C)NC(=O)C12CCN(C(C(C)=O)c1c[nH]c3ccccc13)CC2. The van der Waals surface area contributed by atoms with Crippen LogP contribution in [-0.2, 0) is 14.4 Å². The molecule has 0 radical (unpaired) electrons. The average molecular weight is 439 g/mol. The molecular formula is C25H34N4O3. The molecule has 2 aliphatic rings. The number of rotatable bonds is 6. The summed E-state index contributed by atoms with van der Waals surface area (Å²) in [5.41, 5.74) is 1.16. The van der Waals surface area contributed by atoms with Gasteiger partial charge in [0.25, 0.3) is 0 Å². The fourth-order valence-electron chi connectivity index (χ4n) is 5.61. The Morgan fingerprint density at radius 2 is 1.88 bits per heavy atom. The van der Waals surface area contributed by atoms with Gasteiger partial charge in [-0.05, 0) is 45.1 Å². The number of nitrogens with zero attached hydrogens (tertiary/aromatic N) is 2. The summed E-state index contributed by atoms with van der Waals surface area (Å²) >= 11 is 0. The summed E-state index contributed by atoms with van der Waals surface area (Å²) in [7, 11) is 0. The fraction of sp³-hybridized carbons (Fsp3) is 0.560. The van der Waals surface area contributed by atoms with Gasteiger partial charge in [0.15, 0.2) is 5.78 Å². The van der Waals surface area contributed by atoms with Crippen molar-refractivity contribution in [2.24, 2.45) is 5.92 Å². The zero-order chi connectivity index (χ0) is 23.0. The van der Waals surface area contributed by atoms with Crippen molar-refractivity contribution in [1.29, 1.82) is 0 Å². The molecule has 2 N–H and O–H groups in total. The van der Waals surface area contributed by atoms with Gasteiger partial charge in [-0.25, -0.2) is 0 Å². The number of hydrogen-bond acceptors (Lipinski definition) is 4. The van der Waals surface area contributed by atoms with Crippen LogP contribution in [0.4, 0.5) is 0 Å². The number of piperazine rings is 1. The first-order valence-electron chi connectivity index (χ1n) is 11.7. The molecule has 4 rings (SSSR count). The summed E-state index contributed by atoms with van der Waals surface area (Å²) in [6.45, 7) is 9.37. The van der Waals surface area contributed by atoms with Gasteiger partial charge in [-0.2, -0.15) is 0 Å². The molecule has 1 spiro atoms. The minimum absolute atomic E-state index is 0.0222.